The van der Waals surface area contributed by atoms with E-state index in [1.54, 1.807) is 30.3 Å². The van der Waals surface area contributed by atoms with Gasteiger partial charge < -0.3 is 20.6 Å². The van der Waals surface area contributed by atoms with Gasteiger partial charge in [-0.1, -0.05) is 11.6 Å². The number of β-amino-alcohol motifs (C(OH)–C–C–N with tert-alkyl or cyclic N) is 1. The zero-order chi connectivity index (χ0) is 21.3. The maximum atomic E-state index is 13.7. The Morgan fingerprint density at radius 2 is 2.17 bits per heavy atom. The Hall–Kier alpha value is -2.61. The highest BCUT2D eigenvalue weighted by molar-refractivity contribution is 6.30. The van der Waals surface area contributed by atoms with Crippen LogP contribution in [-0.4, -0.2) is 46.7 Å². The number of carbonyl (C=O) groups is 1. The maximum absolute atomic E-state index is 13.7. The fourth-order valence-electron chi connectivity index (χ4n) is 3.95. The van der Waals surface area contributed by atoms with Crippen LogP contribution in [0.1, 0.15) is 16.8 Å². The Kier molecular flexibility index (Phi) is 5.94. The third-order valence-electron chi connectivity index (χ3n) is 5.30. The molecule has 30 heavy (non-hydrogen) atoms. The number of aromatic nitrogens is 1. The number of aromatic amines is 1. The minimum absolute atomic E-state index is 0.0119. The maximum Gasteiger partial charge on any atom is 0.221 e. The summed E-state index contributed by atoms with van der Waals surface area (Å²) in [5.41, 5.74) is 8.99. The highest BCUT2D eigenvalue weighted by Crippen LogP contribution is 2.28. The van der Waals surface area contributed by atoms with E-state index in [0.717, 1.165) is 35.1 Å². The van der Waals surface area contributed by atoms with Gasteiger partial charge in [-0.25, -0.2) is 4.39 Å². The van der Waals surface area contributed by atoms with Gasteiger partial charge in [-0.15, -0.1) is 0 Å². The average Bonchev–Trinajstić information content (AvgIpc) is 3.04. The van der Waals surface area contributed by atoms with E-state index in [1.165, 1.54) is 6.07 Å². The highest BCUT2D eigenvalue weighted by Gasteiger charge is 2.23. The molecule has 1 aliphatic heterocycles. The van der Waals surface area contributed by atoms with Gasteiger partial charge in [0.05, 0.1) is 6.42 Å². The van der Waals surface area contributed by atoms with Crippen molar-refractivity contribution in [3.8, 4) is 5.75 Å². The molecule has 0 aliphatic carbocycles. The van der Waals surface area contributed by atoms with E-state index in [9.17, 15) is 14.3 Å². The molecule has 158 valence electrons. The van der Waals surface area contributed by atoms with E-state index in [2.05, 4.69) is 9.88 Å². The molecule has 1 unspecified atom stereocenters. The molecule has 2 heterocycles. The van der Waals surface area contributed by atoms with Crippen LogP contribution in [0.2, 0.25) is 5.02 Å². The Morgan fingerprint density at radius 3 is 2.97 bits per heavy atom. The second kappa shape index (κ2) is 8.63. The molecule has 4 rings (SSSR count). The molecule has 1 atom stereocenters. The van der Waals surface area contributed by atoms with Crippen molar-refractivity contribution in [3.05, 3.63) is 64.1 Å². The molecule has 0 spiro atoms. The van der Waals surface area contributed by atoms with Gasteiger partial charge in [-0.2, -0.15) is 0 Å². The molecule has 0 fully saturated rings. The van der Waals surface area contributed by atoms with Gasteiger partial charge in [-0.05, 0) is 42.0 Å². The third-order valence-corrected chi connectivity index (χ3v) is 5.54. The SMILES string of the molecule is NC(=O)Cc1cc(Cl)ccc1OCC(O)CN1CCc2[nH]c3ccc(F)cc3c2C1. The molecule has 8 heteroatoms. The number of primary amides is 1. The summed E-state index contributed by atoms with van der Waals surface area (Å²) in [7, 11) is 0. The van der Waals surface area contributed by atoms with Gasteiger partial charge in [0.25, 0.3) is 0 Å². The molecule has 0 radical (unpaired) electrons. The fraction of sp³-hybridized carbons (Fsp3) is 0.318. The predicted molar refractivity (Wildman–Crippen MR) is 113 cm³/mol. The predicted octanol–water partition coefficient (Wildman–Crippen LogP) is 2.79. The van der Waals surface area contributed by atoms with E-state index in [4.69, 9.17) is 22.1 Å². The Bertz CT molecular complexity index is 1080. The first-order valence-corrected chi connectivity index (χ1v) is 10.2. The summed E-state index contributed by atoms with van der Waals surface area (Å²) in [4.78, 5) is 16.8. The molecule has 3 aromatic rings. The molecule has 1 aromatic heterocycles. The summed E-state index contributed by atoms with van der Waals surface area (Å²) < 4.78 is 19.4. The first-order chi connectivity index (χ1) is 14.4. The van der Waals surface area contributed by atoms with E-state index in [1.807, 2.05) is 0 Å². The number of H-pyrrole nitrogens is 1. The second-order valence-corrected chi connectivity index (χ2v) is 8.05. The largest absolute Gasteiger partial charge is 0.491 e. The molecule has 6 nitrogen and oxygen atoms in total. The number of aliphatic hydroxyl groups excluding tert-OH is 1. The number of ether oxygens (including phenoxy) is 1. The van der Waals surface area contributed by atoms with E-state index in [0.29, 0.717) is 29.4 Å². The lowest BCUT2D eigenvalue weighted by Gasteiger charge is -2.29. The van der Waals surface area contributed by atoms with Crippen LogP contribution in [0.4, 0.5) is 4.39 Å². The number of hydrogen-bond acceptors (Lipinski definition) is 4. The molecule has 0 saturated carbocycles. The summed E-state index contributed by atoms with van der Waals surface area (Å²) in [6.07, 6.45) is 0.0857. The van der Waals surface area contributed by atoms with E-state index < -0.39 is 12.0 Å². The Labute approximate surface area is 178 Å². The molecular formula is C22H23ClFN3O3. The van der Waals surface area contributed by atoms with Crippen LogP contribution in [-0.2, 0) is 24.2 Å². The van der Waals surface area contributed by atoms with Crippen LogP contribution in [0.5, 0.6) is 5.75 Å². The number of aliphatic hydroxyl groups is 1. The Balaban J connectivity index is 1.39. The highest BCUT2D eigenvalue weighted by atomic mass is 35.5. The van der Waals surface area contributed by atoms with Crippen molar-refractivity contribution >= 4 is 28.4 Å². The van der Waals surface area contributed by atoms with Crippen molar-refractivity contribution in [1.29, 1.82) is 0 Å². The molecular weight excluding hydrogens is 409 g/mol. The summed E-state index contributed by atoms with van der Waals surface area (Å²) in [5, 5.41) is 11.9. The van der Waals surface area contributed by atoms with E-state index >= 15 is 0 Å². The molecule has 1 amide bonds. The van der Waals surface area contributed by atoms with Crippen LogP contribution in [0.3, 0.4) is 0 Å². The van der Waals surface area contributed by atoms with Crippen molar-refractivity contribution in [1.82, 2.24) is 9.88 Å². The lowest BCUT2D eigenvalue weighted by Crippen LogP contribution is -2.38. The van der Waals surface area contributed by atoms with Crippen molar-refractivity contribution in [2.75, 3.05) is 19.7 Å². The van der Waals surface area contributed by atoms with Gasteiger partial charge in [-0.3, -0.25) is 9.69 Å². The van der Waals surface area contributed by atoms with Crippen molar-refractivity contribution in [2.45, 2.75) is 25.5 Å². The average molecular weight is 432 g/mol. The number of nitrogens with one attached hydrogen (secondary N) is 1. The number of nitrogens with zero attached hydrogens (tertiary/aromatic N) is 1. The molecule has 1 aliphatic rings. The summed E-state index contributed by atoms with van der Waals surface area (Å²) in [5.74, 6) is -0.267. The quantitative estimate of drug-likeness (QED) is 0.536. The van der Waals surface area contributed by atoms with Crippen molar-refractivity contribution < 1.29 is 19.0 Å². The van der Waals surface area contributed by atoms with Crippen LogP contribution < -0.4 is 10.5 Å². The van der Waals surface area contributed by atoms with Gasteiger partial charge in [0.15, 0.2) is 0 Å². The molecule has 0 saturated heterocycles. The lowest BCUT2D eigenvalue weighted by atomic mass is 10.0. The number of amides is 1. The van der Waals surface area contributed by atoms with Gasteiger partial charge in [0, 0.05) is 53.2 Å². The number of halogens is 2. The number of benzene rings is 2. The number of fused-ring (bicyclic) bond motifs is 3. The van der Waals surface area contributed by atoms with Crippen LogP contribution in [0.15, 0.2) is 36.4 Å². The van der Waals surface area contributed by atoms with Crippen LogP contribution in [0.25, 0.3) is 10.9 Å². The normalized spacial score (nSPS) is 15.2. The van der Waals surface area contributed by atoms with Gasteiger partial charge in [0.2, 0.25) is 5.91 Å². The van der Waals surface area contributed by atoms with Crippen molar-refractivity contribution in [3.63, 3.8) is 0 Å². The second-order valence-electron chi connectivity index (χ2n) is 7.62. The summed E-state index contributed by atoms with van der Waals surface area (Å²) >= 11 is 5.99. The lowest BCUT2D eigenvalue weighted by molar-refractivity contribution is -0.117. The zero-order valence-corrected chi connectivity index (χ0v) is 17.1. The third kappa shape index (κ3) is 4.59. The van der Waals surface area contributed by atoms with Crippen molar-refractivity contribution in [2.24, 2.45) is 5.73 Å². The topological polar surface area (TPSA) is 91.6 Å². The monoisotopic (exact) mass is 431 g/mol. The van der Waals surface area contributed by atoms with Crippen LogP contribution in [0, 0.1) is 5.82 Å². The summed E-state index contributed by atoms with van der Waals surface area (Å²) in [6, 6.07) is 9.72. The number of nitrogens with two attached hydrogens (primary N) is 1. The van der Waals surface area contributed by atoms with Gasteiger partial charge in [0.1, 0.15) is 24.3 Å². The van der Waals surface area contributed by atoms with Gasteiger partial charge >= 0.3 is 0 Å². The minimum Gasteiger partial charge on any atom is -0.491 e. The first kappa shape index (κ1) is 20.7. The summed E-state index contributed by atoms with van der Waals surface area (Å²) in [6.45, 7) is 1.90. The standard InChI is InChI=1S/C22H23ClFN3O3/c23-14-1-4-21(13(7-14)8-22(25)29)30-12-16(28)10-27-6-5-20-18(11-27)17-9-15(24)2-3-19(17)26-20/h1-4,7,9,16,26,28H,5-6,8,10-12H2,(H2,25,29). The van der Waals surface area contributed by atoms with Crippen LogP contribution >= 0.6 is 11.6 Å². The molecule has 2 aromatic carbocycles. The number of hydrogen-bond donors (Lipinski definition) is 3. The molecule has 4 N–H and O–H groups in total. The Morgan fingerprint density at radius 1 is 1.33 bits per heavy atom. The zero-order valence-electron chi connectivity index (χ0n) is 16.3. The number of rotatable bonds is 7. The smallest absolute Gasteiger partial charge is 0.221 e. The number of carbonyl (C=O) groups excluding carboxylic acids is 1. The molecule has 0 bridgehead atoms. The van der Waals surface area contributed by atoms with E-state index in [-0.39, 0.29) is 18.8 Å². The first-order valence-electron chi connectivity index (χ1n) is 9.78. The fourth-order valence-corrected chi connectivity index (χ4v) is 4.14. The minimum atomic E-state index is -0.731.